The zero-order valence-electron chi connectivity index (χ0n) is 15.8. The number of aryl methyl sites for hydroxylation is 1. The molecule has 0 saturated carbocycles. The number of fused-ring (bicyclic) bond motifs is 1. The average Bonchev–Trinajstić information content (AvgIpc) is 3.19. The van der Waals surface area contributed by atoms with Crippen LogP contribution >= 0.6 is 11.6 Å². The monoisotopic (exact) mass is 396 g/mol. The fraction of sp³-hybridized carbons (Fsp3) is 0.350. The van der Waals surface area contributed by atoms with Crippen molar-refractivity contribution >= 4 is 34.0 Å². The average molecular weight is 397 g/mol. The van der Waals surface area contributed by atoms with Crippen molar-refractivity contribution in [3.63, 3.8) is 0 Å². The summed E-state index contributed by atoms with van der Waals surface area (Å²) in [6.45, 7) is 1.73. The molecule has 1 saturated heterocycles. The Bertz CT molecular complexity index is 1140. The van der Waals surface area contributed by atoms with Crippen molar-refractivity contribution in [2.75, 3.05) is 18.9 Å². The molecule has 1 fully saturated rings. The van der Waals surface area contributed by atoms with Gasteiger partial charge in [-0.15, -0.1) is 0 Å². The van der Waals surface area contributed by atoms with Crippen molar-refractivity contribution in [3.8, 4) is 6.07 Å². The van der Waals surface area contributed by atoms with Crippen LogP contribution in [0.4, 0.5) is 11.4 Å². The molecule has 1 aromatic carbocycles. The quantitative estimate of drug-likeness (QED) is 0.685. The fourth-order valence-corrected chi connectivity index (χ4v) is 4.09. The van der Waals surface area contributed by atoms with Crippen LogP contribution in [0.3, 0.4) is 0 Å². The van der Waals surface area contributed by atoms with Crippen molar-refractivity contribution in [3.05, 3.63) is 51.7 Å². The molecule has 0 amide bonds. The van der Waals surface area contributed by atoms with Crippen LogP contribution in [0.5, 0.6) is 0 Å². The van der Waals surface area contributed by atoms with Gasteiger partial charge in [-0.2, -0.15) is 5.26 Å². The SMILES string of the molecule is CN1CCCC1Cn1c(=O)n(C)c2ccc(Nc3ccnc(Cl)c3C#N)cc21. The highest BCUT2D eigenvalue weighted by Crippen LogP contribution is 2.27. The Morgan fingerprint density at radius 1 is 1.32 bits per heavy atom. The molecule has 8 heteroatoms. The topological polar surface area (TPSA) is 78.9 Å². The van der Waals surface area contributed by atoms with E-state index in [0.717, 1.165) is 36.1 Å². The molecule has 1 aliphatic rings. The molecule has 0 spiro atoms. The third-order valence-corrected chi connectivity index (χ3v) is 5.79. The lowest BCUT2D eigenvalue weighted by atomic mass is 10.2. The largest absolute Gasteiger partial charge is 0.354 e. The van der Waals surface area contributed by atoms with Crippen molar-refractivity contribution in [2.45, 2.75) is 25.4 Å². The predicted octanol–water partition coefficient (Wildman–Crippen LogP) is 3.10. The zero-order chi connectivity index (χ0) is 19.8. The van der Waals surface area contributed by atoms with E-state index in [0.29, 0.717) is 23.8 Å². The van der Waals surface area contributed by atoms with Crippen LogP contribution in [0.25, 0.3) is 11.0 Å². The van der Waals surface area contributed by atoms with Gasteiger partial charge >= 0.3 is 5.69 Å². The highest BCUT2D eigenvalue weighted by molar-refractivity contribution is 6.31. The van der Waals surface area contributed by atoms with Crippen LogP contribution in [0, 0.1) is 11.3 Å². The third-order valence-electron chi connectivity index (χ3n) is 5.51. The van der Waals surface area contributed by atoms with Crippen LogP contribution < -0.4 is 11.0 Å². The summed E-state index contributed by atoms with van der Waals surface area (Å²) in [6, 6.07) is 9.91. The summed E-state index contributed by atoms with van der Waals surface area (Å²) in [4.78, 5) is 19.1. The summed E-state index contributed by atoms with van der Waals surface area (Å²) < 4.78 is 3.52. The zero-order valence-corrected chi connectivity index (χ0v) is 16.6. The Morgan fingerprint density at radius 3 is 2.86 bits per heavy atom. The molecule has 28 heavy (non-hydrogen) atoms. The van der Waals surface area contributed by atoms with E-state index in [-0.39, 0.29) is 10.8 Å². The summed E-state index contributed by atoms with van der Waals surface area (Å²) in [6.07, 6.45) is 3.81. The summed E-state index contributed by atoms with van der Waals surface area (Å²) in [5, 5.41) is 12.7. The number of aromatic nitrogens is 3. The van der Waals surface area contributed by atoms with Crippen LogP contribution in [0.15, 0.2) is 35.3 Å². The lowest BCUT2D eigenvalue weighted by molar-refractivity contribution is 0.282. The van der Waals surface area contributed by atoms with E-state index in [4.69, 9.17) is 11.6 Å². The molecule has 144 valence electrons. The Balaban J connectivity index is 1.74. The summed E-state index contributed by atoms with van der Waals surface area (Å²) >= 11 is 6.02. The molecule has 7 nitrogen and oxygen atoms in total. The molecule has 0 radical (unpaired) electrons. The van der Waals surface area contributed by atoms with Gasteiger partial charge in [0, 0.05) is 31.5 Å². The summed E-state index contributed by atoms with van der Waals surface area (Å²) in [5.74, 6) is 0. The van der Waals surface area contributed by atoms with Gasteiger partial charge in [-0.1, -0.05) is 11.6 Å². The molecule has 1 atom stereocenters. The van der Waals surface area contributed by atoms with E-state index in [9.17, 15) is 10.1 Å². The highest BCUT2D eigenvalue weighted by Gasteiger charge is 2.23. The first-order valence-corrected chi connectivity index (χ1v) is 9.58. The number of nitrogens with zero attached hydrogens (tertiary/aromatic N) is 5. The number of anilines is 2. The second-order valence-corrected chi connectivity index (χ2v) is 7.55. The van der Waals surface area contributed by atoms with Crippen LogP contribution in [0.1, 0.15) is 18.4 Å². The van der Waals surface area contributed by atoms with Crippen LogP contribution in [-0.2, 0) is 13.6 Å². The number of imidazole rings is 1. The second kappa shape index (κ2) is 7.30. The van der Waals surface area contributed by atoms with Crippen LogP contribution in [0.2, 0.25) is 5.15 Å². The van der Waals surface area contributed by atoms with Gasteiger partial charge in [0.05, 0.1) is 16.7 Å². The number of halogens is 1. The molecule has 3 aromatic rings. The number of likely N-dealkylation sites (N-methyl/N-ethyl adjacent to an activating group) is 1. The van der Waals surface area contributed by atoms with Gasteiger partial charge in [-0.05, 0) is 50.7 Å². The summed E-state index contributed by atoms with van der Waals surface area (Å²) in [7, 11) is 3.90. The molecule has 1 N–H and O–H groups in total. The number of hydrogen-bond donors (Lipinski definition) is 1. The van der Waals surface area contributed by atoms with Gasteiger partial charge in [0.2, 0.25) is 0 Å². The second-order valence-electron chi connectivity index (χ2n) is 7.19. The minimum Gasteiger partial charge on any atom is -0.354 e. The third kappa shape index (κ3) is 3.15. The van der Waals surface area contributed by atoms with Crippen molar-refractivity contribution < 1.29 is 0 Å². The van der Waals surface area contributed by atoms with E-state index in [2.05, 4.69) is 28.3 Å². The highest BCUT2D eigenvalue weighted by atomic mass is 35.5. The normalized spacial score (nSPS) is 17.1. The van der Waals surface area contributed by atoms with E-state index in [1.807, 2.05) is 22.8 Å². The number of hydrogen-bond acceptors (Lipinski definition) is 5. The number of nitrogens with one attached hydrogen (secondary N) is 1. The first kappa shape index (κ1) is 18.5. The predicted molar refractivity (Wildman–Crippen MR) is 110 cm³/mol. The maximum atomic E-state index is 12.8. The fourth-order valence-electron chi connectivity index (χ4n) is 3.89. The first-order chi connectivity index (χ1) is 13.5. The standard InChI is InChI=1S/C20H21ClN6O/c1-25-9-3-4-14(25)12-27-18-10-13(5-6-17(18)26(2)20(27)28)24-16-7-8-23-19(21)15(16)11-22/h5-8,10,14H,3-4,9,12H2,1-2H3,(H,23,24). The number of likely N-dealkylation sites (tertiary alicyclic amines) is 1. The molecule has 3 heterocycles. The first-order valence-electron chi connectivity index (χ1n) is 9.20. The van der Waals surface area contributed by atoms with Crippen molar-refractivity contribution in [1.29, 1.82) is 5.26 Å². The van der Waals surface area contributed by atoms with Gasteiger partial charge in [0.15, 0.2) is 0 Å². The molecular weight excluding hydrogens is 376 g/mol. The molecule has 4 rings (SSSR count). The number of benzene rings is 1. The molecule has 1 unspecified atom stereocenters. The van der Waals surface area contributed by atoms with Crippen molar-refractivity contribution in [1.82, 2.24) is 19.0 Å². The number of nitriles is 1. The smallest absolute Gasteiger partial charge is 0.328 e. The van der Waals surface area contributed by atoms with Crippen LogP contribution in [-0.4, -0.2) is 38.7 Å². The minimum absolute atomic E-state index is 0.0166. The Morgan fingerprint density at radius 2 is 2.14 bits per heavy atom. The van der Waals surface area contributed by atoms with E-state index < -0.39 is 0 Å². The molecule has 0 aliphatic carbocycles. The van der Waals surface area contributed by atoms with Gasteiger partial charge in [-0.25, -0.2) is 9.78 Å². The van der Waals surface area contributed by atoms with Gasteiger partial charge in [-0.3, -0.25) is 9.13 Å². The Kier molecular flexibility index (Phi) is 4.84. The number of pyridine rings is 1. The minimum atomic E-state index is -0.0166. The summed E-state index contributed by atoms with van der Waals surface area (Å²) in [5.41, 5.74) is 3.40. The van der Waals surface area contributed by atoms with Crippen molar-refractivity contribution in [2.24, 2.45) is 7.05 Å². The lowest BCUT2D eigenvalue weighted by Crippen LogP contribution is -2.33. The number of rotatable bonds is 4. The molecule has 2 aromatic heterocycles. The lowest BCUT2D eigenvalue weighted by Gasteiger charge is -2.19. The Labute approximate surface area is 167 Å². The Hall–Kier alpha value is -2.82. The maximum absolute atomic E-state index is 12.8. The van der Waals surface area contributed by atoms with E-state index >= 15 is 0 Å². The molecular formula is C20H21ClN6O. The van der Waals surface area contributed by atoms with E-state index in [1.165, 1.54) is 0 Å². The van der Waals surface area contributed by atoms with E-state index in [1.54, 1.807) is 23.9 Å². The molecule has 0 bridgehead atoms. The van der Waals surface area contributed by atoms with Gasteiger partial charge in [0.25, 0.3) is 0 Å². The molecule has 1 aliphatic heterocycles. The van der Waals surface area contributed by atoms with Gasteiger partial charge in [0.1, 0.15) is 16.8 Å². The van der Waals surface area contributed by atoms with Gasteiger partial charge < -0.3 is 10.2 Å². The maximum Gasteiger partial charge on any atom is 0.328 e.